The molecule has 0 heterocycles. The van der Waals surface area contributed by atoms with Crippen molar-refractivity contribution in [1.29, 1.82) is 0 Å². The zero-order valence-corrected chi connectivity index (χ0v) is 24.7. The lowest BCUT2D eigenvalue weighted by Crippen LogP contribution is -2.37. The van der Waals surface area contributed by atoms with Crippen molar-refractivity contribution < 1.29 is 55.5 Å². The molecule has 0 bridgehead atoms. The molecule has 0 saturated carbocycles. The van der Waals surface area contributed by atoms with E-state index in [1.807, 2.05) is 6.92 Å². The van der Waals surface area contributed by atoms with E-state index in [4.69, 9.17) is 46.0 Å². The third-order valence-corrected chi connectivity index (χ3v) is 6.34. The molecule has 0 aliphatic rings. The number of rotatable bonds is 21. The van der Waals surface area contributed by atoms with Crippen molar-refractivity contribution in [2.75, 3.05) is 46.2 Å². The Balaban J connectivity index is -0.000000210. The predicted octanol–water partition coefficient (Wildman–Crippen LogP) is 2.55. The van der Waals surface area contributed by atoms with Crippen LogP contribution >= 0.6 is 0 Å². The van der Waals surface area contributed by atoms with Gasteiger partial charge in [0.25, 0.3) is 0 Å². The van der Waals surface area contributed by atoms with Gasteiger partial charge in [0, 0.05) is 18.3 Å². The Labute approximate surface area is 235 Å². The fourth-order valence-electron chi connectivity index (χ4n) is 2.72. The molecule has 0 spiro atoms. The zero-order chi connectivity index (χ0) is 31.0. The molecule has 238 valence electrons. The average molecular weight is 573 g/mol. The van der Waals surface area contributed by atoms with Crippen LogP contribution in [0.15, 0.2) is 0 Å². The van der Waals surface area contributed by atoms with E-state index in [2.05, 4.69) is 13.8 Å². The third-order valence-electron chi connectivity index (χ3n) is 6.34. The minimum Gasteiger partial charge on any atom is -0.481 e. The highest BCUT2D eigenvalue weighted by Gasteiger charge is 2.26. The monoisotopic (exact) mass is 572 g/mol. The van der Waals surface area contributed by atoms with Crippen molar-refractivity contribution in [1.82, 2.24) is 0 Å². The van der Waals surface area contributed by atoms with Gasteiger partial charge >= 0.3 is 11.9 Å². The predicted molar refractivity (Wildman–Crippen MR) is 151 cm³/mol. The van der Waals surface area contributed by atoms with Gasteiger partial charge < -0.3 is 46.0 Å². The van der Waals surface area contributed by atoms with Gasteiger partial charge in [-0.25, -0.2) is 0 Å². The second-order valence-corrected chi connectivity index (χ2v) is 9.93. The van der Waals surface area contributed by atoms with Gasteiger partial charge in [0.2, 0.25) is 0 Å². The van der Waals surface area contributed by atoms with Gasteiger partial charge in [0.15, 0.2) is 0 Å². The van der Waals surface area contributed by atoms with Crippen molar-refractivity contribution >= 4 is 11.9 Å². The maximum atomic E-state index is 10.1. The largest absolute Gasteiger partial charge is 0.481 e. The van der Waals surface area contributed by atoms with Crippen LogP contribution in [0, 0.1) is 10.8 Å². The van der Waals surface area contributed by atoms with Gasteiger partial charge in [0.05, 0.1) is 51.7 Å². The summed E-state index contributed by atoms with van der Waals surface area (Å²) in [7, 11) is 0. The number of hydrogen-bond acceptors (Lipinski definition) is 9. The Kier molecular flexibility index (Phi) is 37.7. The molecule has 0 rings (SSSR count). The molecule has 0 aromatic heterocycles. The van der Waals surface area contributed by atoms with Crippen LogP contribution in [0.2, 0.25) is 0 Å². The quantitative estimate of drug-likeness (QED) is 0.0910. The molecule has 11 nitrogen and oxygen atoms in total. The molecule has 0 amide bonds. The highest BCUT2D eigenvalue weighted by atomic mass is 16.4. The Hall–Kier alpha value is -1.34. The van der Waals surface area contributed by atoms with Crippen LogP contribution in [0.25, 0.3) is 0 Å². The van der Waals surface area contributed by atoms with Gasteiger partial charge in [-0.05, 0) is 19.3 Å². The summed E-state index contributed by atoms with van der Waals surface area (Å²) in [6.07, 6.45) is 13.7. The first kappa shape index (κ1) is 44.7. The molecular weight excluding hydrogens is 512 g/mol. The first-order valence-electron chi connectivity index (χ1n) is 14.2. The van der Waals surface area contributed by atoms with Crippen molar-refractivity contribution in [3.63, 3.8) is 0 Å². The summed E-state index contributed by atoms with van der Waals surface area (Å²) < 4.78 is 0. The van der Waals surface area contributed by atoms with Crippen LogP contribution < -0.4 is 0 Å². The number of aliphatic hydroxyl groups is 7. The molecular formula is C28H60O11. The molecule has 0 fully saturated rings. The Bertz CT molecular complexity index is 453. The van der Waals surface area contributed by atoms with E-state index in [1.54, 1.807) is 0 Å². The number of carbonyl (C=O) groups is 2. The summed E-state index contributed by atoms with van der Waals surface area (Å²) in [4.78, 5) is 20.1. The van der Waals surface area contributed by atoms with Crippen LogP contribution in [0.4, 0.5) is 0 Å². The van der Waals surface area contributed by atoms with Crippen LogP contribution in [-0.2, 0) is 9.59 Å². The van der Waals surface area contributed by atoms with E-state index in [9.17, 15) is 9.59 Å². The molecule has 0 aliphatic carbocycles. The minimum absolute atomic E-state index is 0.156. The number of aliphatic hydroxyl groups excluding tert-OH is 7. The van der Waals surface area contributed by atoms with E-state index in [0.29, 0.717) is 19.3 Å². The number of unbranched alkanes of at least 4 members (excludes halogenated alkanes) is 9. The Morgan fingerprint density at radius 2 is 0.692 bits per heavy atom. The number of hydrogen-bond donors (Lipinski definition) is 9. The smallest absolute Gasteiger partial charge is 0.303 e. The fourth-order valence-corrected chi connectivity index (χ4v) is 2.72. The molecule has 9 N–H and O–H groups in total. The van der Waals surface area contributed by atoms with E-state index < -0.39 is 49.2 Å². The molecule has 0 unspecified atom stereocenters. The summed E-state index contributed by atoms with van der Waals surface area (Å²) in [5.41, 5.74) is -1.78. The topological polar surface area (TPSA) is 216 Å². The van der Waals surface area contributed by atoms with Gasteiger partial charge in [-0.2, -0.15) is 0 Å². The summed E-state index contributed by atoms with van der Waals surface area (Å²) in [6.45, 7) is 4.06. The molecule has 0 aliphatic heterocycles. The second kappa shape index (κ2) is 32.9. The molecule has 11 heteroatoms. The first-order valence-corrected chi connectivity index (χ1v) is 14.2. The van der Waals surface area contributed by atoms with Crippen LogP contribution in [0.3, 0.4) is 0 Å². The van der Waals surface area contributed by atoms with Crippen molar-refractivity contribution in [3.8, 4) is 0 Å². The van der Waals surface area contributed by atoms with E-state index in [-0.39, 0.29) is 19.8 Å². The lowest BCUT2D eigenvalue weighted by molar-refractivity contribution is -0.138. The van der Waals surface area contributed by atoms with E-state index >= 15 is 0 Å². The van der Waals surface area contributed by atoms with Gasteiger partial charge in [-0.15, -0.1) is 0 Å². The molecule has 39 heavy (non-hydrogen) atoms. The summed E-state index contributed by atoms with van der Waals surface area (Å²) in [5.74, 6) is -1.34. The number of carboxylic acids is 2. The average Bonchev–Trinajstić information content (AvgIpc) is 2.94. The molecule has 0 atom stereocenters. The van der Waals surface area contributed by atoms with Crippen LogP contribution in [-0.4, -0.2) is 104 Å². The van der Waals surface area contributed by atoms with Crippen molar-refractivity contribution in [2.45, 2.75) is 111 Å². The zero-order valence-electron chi connectivity index (χ0n) is 24.7. The minimum atomic E-state index is -1.11. The van der Waals surface area contributed by atoms with Gasteiger partial charge in [-0.1, -0.05) is 78.6 Å². The molecule has 0 aromatic carbocycles. The fraction of sp³-hybridized carbons (Fsp3) is 0.929. The third kappa shape index (κ3) is 31.1. The first-order chi connectivity index (χ1) is 18.5. The summed E-state index contributed by atoms with van der Waals surface area (Å²) in [6, 6.07) is 0. The van der Waals surface area contributed by atoms with Gasteiger partial charge in [-0.3, -0.25) is 9.59 Å². The lowest BCUT2D eigenvalue weighted by Gasteiger charge is -2.24. The van der Waals surface area contributed by atoms with Gasteiger partial charge in [0.1, 0.15) is 0 Å². The molecule has 0 radical (unpaired) electrons. The Morgan fingerprint density at radius 3 is 0.846 bits per heavy atom. The van der Waals surface area contributed by atoms with Crippen molar-refractivity contribution in [2.24, 2.45) is 10.8 Å². The SMILES string of the molecule is CCC(CO)(CO)CO.CCCCCCCC(=O)O.CCCCCCCCC(=O)O.OCC(CO)(CO)CO. The lowest BCUT2D eigenvalue weighted by atomic mass is 9.88. The Morgan fingerprint density at radius 1 is 0.436 bits per heavy atom. The highest BCUT2D eigenvalue weighted by Crippen LogP contribution is 2.18. The normalized spacial score (nSPS) is 10.8. The highest BCUT2D eigenvalue weighted by molar-refractivity contribution is 5.66. The summed E-state index contributed by atoms with van der Waals surface area (Å²) in [5, 5.41) is 76.5. The summed E-state index contributed by atoms with van der Waals surface area (Å²) >= 11 is 0. The van der Waals surface area contributed by atoms with Crippen molar-refractivity contribution in [3.05, 3.63) is 0 Å². The maximum absolute atomic E-state index is 10.1. The van der Waals surface area contributed by atoms with E-state index in [1.165, 1.54) is 44.9 Å². The second-order valence-electron chi connectivity index (χ2n) is 9.93. The van der Waals surface area contributed by atoms with E-state index in [0.717, 1.165) is 25.7 Å². The maximum Gasteiger partial charge on any atom is 0.303 e. The van der Waals surface area contributed by atoms with Crippen LogP contribution in [0.5, 0.6) is 0 Å². The number of carboxylic acid groups (broad SMARTS) is 2. The standard InChI is InChI=1S/C9H18O2.C8H16O2.C6H14O3.C5H12O4/c1-2-3-4-5-6-7-8-9(10)11;1-2-3-4-5-6-7-8(9)10;1-2-6(3-7,4-8)5-9;6-1-5(2-7,3-8)4-9/h2-8H2,1H3,(H,10,11);2-7H2,1H3,(H,9,10);7-9H,2-5H2,1H3;6-9H,1-4H2. The molecule has 0 aromatic rings. The number of aliphatic carboxylic acids is 2. The van der Waals surface area contributed by atoms with Crippen LogP contribution in [0.1, 0.15) is 111 Å². The molecule has 0 saturated heterocycles.